The predicted octanol–water partition coefficient (Wildman–Crippen LogP) is 3.15. The van der Waals surface area contributed by atoms with Crippen molar-refractivity contribution in [3.8, 4) is 0 Å². The van der Waals surface area contributed by atoms with E-state index in [0.29, 0.717) is 10.2 Å². The summed E-state index contributed by atoms with van der Waals surface area (Å²) in [5.74, 6) is 0.654. The van der Waals surface area contributed by atoms with E-state index in [1.807, 2.05) is 0 Å². The molecule has 0 radical (unpaired) electrons. The van der Waals surface area contributed by atoms with Crippen molar-refractivity contribution in [2.75, 3.05) is 4.72 Å². The van der Waals surface area contributed by atoms with Crippen LogP contribution in [0.5, 0.6) is 0 Å². The molecular weight excluding hydrogens is 435 g/mol. The smallest absolute Gasteiger partial charge is 0.263 e. The summed E-state index contributed by atoms with van der Waals surface area (Å²) in [6.07, 6.45) is 0. The molecule has 8 heteroatoms. The molecule has 96 valence electrons. The molecule has 2 aromatic rings. The fourth-order valence-corrected chi connectivity index (χ4v) is 2.97. The highest BCUT2D eigenvalue weighted by Gasteiger charge is 2.19. The Morgan fingerprint density at radius 1 is 1.33 bits per heavy atom. The van der Waals surface area contributed by atoms with Crippen LogP contribution in [0.15, 0.2) is 38.2 Å². The van der Waals surface area contributed by atoms with Crippen molar-refractivity contribution in [3.63, 3.8) is 0 Å². The number of aromatic nitrogens is 1. The maximum Gasteiger partial charge on any atom is 0.263 e. The fraction of sp³-hybridized carbons (Fsp3) is 0.100. The normalized spacial score (nSPS) is 11.5. The SMILES string of the molecule is Cc1onc(NS(=O)(=O)c2ccc(I)cc2)c1Br. The molecule has 1 aromatic heterocycles. The number of sulfonamides is 1. The summed E-state index contributed by atoms with van der Waals surface area (Å²) in [6, 6.07) is 6.51. The summed E-state index contributed by atoms with van der Waals surface area (Å²) in [4.78, 5) is 0.176. The van der Waals surface area contributed by atoms with Crippen LogP contribution in [0.4, 0.5) is 5.82 Å². The molecule has 5 nitrogen and oxygen atoms in total. The van der Waals surface area contributed by atoms with Crippen molar-refractivity contribution in [1.29, 1.82) is 0 Å². The number of halogens is 2. The Hall–Kier alpha value is -0.610. The van der Waals surface area contributed by atoms with Crippen LogP contribution in [0.25, 0.3) is 0 Å². The van der Waals surface area contributed by atoms with Crippen LogP contribution in [0.2, 0.25) is 0 Å². The van der Waals surface area contributed by atoms with E-state index in [0.717, 1.165) is 3.57 Å². The van der Waals surface area contributed by atoms with Gasteiger partial charge in [-0.05, 0) is 69.7 Å². The zero-order valence-electron chi connectivity index (χ0n) is 9.15. The molecule has 2 rings (SSSR count). The molecule has 1 N–H and O–H groups in total. The zero-order valence-corrected chi connectivity index (χ0v) is 13.7. The molecule has 0 aliphatic rings. The number of nitrogens with zero attached hydrogens (tertiary/aromatic N) is 1. The van der Waals surface area contributed by atoms with Gasteiger partial charge in [0, 0.05) is 3.57 Å². The average molecular weight is 443 g/mol. The standard InChI is InChI=1S/C10H8BrIN2O3S/c1-6-9(11)10(13-17-6)14-18(15,16)8-4-2-7(12)3-5-8/h2-5H,1H3,(H,13,14). The average Bonchev–Trinajstić information content (AvgIpc) is 2.61. The van der Waals surface area contributed by atoms with Crippen LogP contribution in [0, 0.1) is 10.5 Å². The topological polar surface area (TPSA) is 72.2 Å². The second-order valence-corrected chi connectivity index (χ2v) is 7.18. The van der Waals surface area contributed by atoms with Gasteiger partial charge in [0.05, 0.1) is 4.90 Å². The lowest BCUT2D eigenvalue weighted by atomic mass is 10.4. The number of anilines is 1. The van der Waals surface area contributed by atoms with Crippen molar-refractivity contribution in [1.82, 2.24) is 5.16 Å². The Kier molecular flexibility index (Phi) is 3.97. The fourth-order valence-electron chi connectivity index (χ4n) is 1.22. The van der Waals surface area contributed by atoms with Gasteiger partial charge in [-0.15, -0.1) is 0 Å². The van der Waals surface area contributed by atoms with Crippen molar-refractivity contribution < 1.29 is 12.9 Å². The molecular formula is C10H8BrIN2O3S. The Morgan fingerprint density at radius 2 is 1.94 bits per heavy atom. The first kappa shape index (κ1) is 13.8. The Balaban J connectivity index is 2.33. The monoisotopic (exact) mass is 442 g/mol. The molecule has 18 heavy (non-hydrogen) atoms. The van der Waals surface area contributed by atoms with Crippen molar-refractivity contribution in [2.24, 2.45) is 0 Å². The number of aryl methyl sites for hydroxylation is 1. The number of nitrogens with one attached hydrogen (secondary N) is 1. The summed E-state index contributed by atoms with van der Waals surface area (Å²) >= 11 is 5.31. The van der Waals surface area contributed by atoms with Crippen LogP contribution in [0.3, 0.4) is 0 Å². The van der Waals surface area contributed by atoms with Gasteiger partial charge in [0.25, 0.3) is 10.0 Å². The molecule has 0 bridgehead atoms. The molecule has 0 aliphatic carbocycles. The predicted molar refractivity (Wildman–Crippen MR) is 78.9 cm³/mol. The van der Waals surface area contributed by atoms with E-state index >= 15 is 0 Å². The molecule has 0 amide bonds. The lowest BCUT2D eigenvalue weighted by Gasteiger charge is -2.05. The Bertz CT molecular complexity index is 667. The second-order valence-electron chi connectivity index (χ2n) is 3.46. The molecule has 0 spiro atoms. The Morgan fingerprint density at radius 3 is 2.44 bits per heavy atom. The quantitative estimate of drug-likeness (QED) is 0.741. The summed E-state index contributed by atoms with van der Waals surface area (Å²) in [5.41, 5.74) is 0. The number of hydrogen-bond donors (Lipinski definition) is 1. The number of benzene rings is 1. The van der Waals surface area contributed by atoms with Gasteiger partial charge in [-0.3, -0.25) is 4.72 Å². The summed E-state index contributed by atoms with van der Waals surface area (Å²) in [7, 11) is -3.65. The van der Waals surface area contributed by atoms with Gasteiger partial charge in [-0.25, -0.2) is 8.42 Å². The summed E-state index contributed by atoms with van der Waals surface area (Å²) < 4.78 is 32.8. The minimum Gasteiger partial charge on any atom is -0.358 e. The molecule has 0 saturated carbocycles. The molecule has 1 aromatic carbocycles. The highest BCUT2D eigenvalue weighted by molar-refractivity contribution is 14.1. The van der Waals surface area contributed by atoms with Gasteiger partial charge in [0.1, 0.15) is 10.2 Å². The molecule has 0 fully saturated rings. The van der Waals surface area contributed by atoms with Crippen LogP contribution in [-0.4, -0.2) is 13.6 Å². The number of rotatable bonds is 3. The molecule has 0 saturated heterocycles. The molecule has 0 aliphatic heterocycles. The third-order valence-electron chi connectivity index (χ3n) is 2.15. The summed E-state index contributed by atoms with van der Waals surface area (Å²) in [5, 5.41) is 3.63. The third-order valence-corrected chi connectivity index (χ3v) is 5.15. The lowest BCUT2D eigenvalue weighted by Crippen LogP contribution is -2.13. The van der Waals surface area contributed by atoms with E-state index in [2.05, 4.69) is 48.4 Å². The summed E-state index contributed by atoms with van der Waals surface area (Å²) in [6.45, 7) is 1.68. The van der Waals surface area contributed by atoms with Crippen molar-refractivity contribution >= 4 is 54.4 Å². The maximum absolute atomic E-state index is 12.1. The van der Waals surface area contributed by atoms with Gasteiger partial charge >= 0.3 is 0 Å². The van der Waals surface area contributed by atoms with Crippen LogP contribution in [-0.2, 0) is 10.0 Å². The first-order valence-corrected chi connectivity index (χ1v) is 8.16. The van der Waals surface area contributed by atoms with Gasteiger partial charge in [0.15, 0.2) is 5.82 Å². The van der Waals surface area contributed by atoms with E-state index in [9.17, 15) is 8.42 Å². The third kappa shape index (κ3) is 2.86. The first-order valence-electron chi connectivity index (χ1n) is 4.80. The van der Waals surface area contributed by atoms with Crippen LogP contribution >= 0.6 is 38.5 Å². The van der Waals surface area contributed by atoms with Crippen LogP contribution in [0.1, 0.15) is 5.76 Å². The molecule has 1 heterocycles. The maximum atomic E-state index is 12.1. The van der Waals surface area contributed by atoms with Crippen LogP contribution < -0.4 is 4.72 Å². The number of hydrogen-bond acceptors (Lipinski definition) is 4. The van der Waals surface area contributed by atoms with E-state index in [-0.39, 0.29) is 10.7 Å². The van der Waals surface area contributed by atoms with E-state index in [4.69, 9.17) is 4.52 Å². The molecule has 0 atom stereocenters. The first-order chi connectivity index (χ1) is 8.40. The second kappa shape index (κ2) is 5.17. The van der Waals surface area contributed by atoms with E-state index in [1.165, 1.54) is 12.1 Å². The zero-order chi connectivity index (χ0) is 13.3. The van der Waals surface area contributed by atoms with Gasteiger partial charge in [-0.1, -0.05) is 5.16 Å². The van der Waals surface area contributed by atoms with Gasteiger partial charge in [0.2, 0.25) is 0 Å². The minimum atomic E-state index is -3.65. The lowest BCUT2D eigenvalue weighted by molar-refractivity contribution is 0.399. The largest absolute Gasteiger partial charge is 0.358 e. The van der Waals surface area contributed by atoms with E-state index in [1.54, 1.807) is 19.1 Å². The van der Waals surface area contributed by atoms with Crippen molar-refractivity contribution in [3.05, 3.63) is 38.1 Å². The van der Waals surface area contributed by atoms with Crippen molar-refractivity contribution in [2.45, 2.75) is 11.8 Å². The highest BCUT2D eigenvalue weighted by atomic mass is 127. The molecule has 0 unspecified atom stereocenters. The minimum absolute atomic E-state index is 0.144. The van der Waals surface area contributed by atoms with Gasteiger partial charge in [-0.2, -0.15) is 0 Å². The Labute approximate surface area is 126 Å². The van der Waals surface area contributed by atoms with Gasteiger partial charge < -0.3 is 4.52 Å². The highest BCUT2D eigenvalue weighted by Crippen LogP contribution is 2.27. The van der Waals surface area contributed by atoms with E-state index < -0.39 is 10.0 Å².